The van der Waals surface area contributed by atoms with Crippen LogP contribution in [0.5, 0.6) is 0 Å². The highest BCUT2D eigenvalue weighted by atomic mass is 35.5. The van der Waals surface area contributed by atoms with Gasteiger partial charge >= 0.3 is 0 Å². The number of para-hydroxylation sites is 2. The number of carbonyl (C=O) groups is 1. The molecule has 0 atom stereocenters. The largest absolute Gasteiger partial charge is 0.543 e. The Bertz CT molecular complexity index is 513. The Balaban J connectivity index is 2.77. The minimum absolute atomic E-state index is 0.149. The van der Waals surface area contributed by atoms with E-state index in [0.717, 1.165) is 0 Å². The Hall–Kier alpha value is -1.68. The molecule has 2 aromatic rings. The molecular formula is C9H4ClN2O2-. The number of rotatable bonds is 1. The third kappa shape index (κ3) is 1.40. The van der Waals surface area contributed by atoms with Gasteiger partial charge in [0.05, 0.1) is 17.0 Å². The van der Waals surface area contributed by atoms with Gasteiger partial charge in [-0.3, -0.25) is 0 Å². The van der Waals surface area contributed by atoms with E-state index in [4.69, 9.17) is 11.6 Å². The van der Waals surface area contributed by atoms with Crippen molar-refractivity contribution in [1.29, 1.82) is 0 Å². The molecule has 1 aromatic carbocycles. The number of carboxylic acid groups (broad SMARTS) is 1. The van der Waals surface area contributed by atoms with E-state index in [2.05, 4.69) is 9.97 Å². The zero-order valence-corrected chi connectivity index (χ0v) is 7.65. The summed E-state index contributed by atoms with van der Waals surface area (Å²) in [5.41, 5.74) is 0.712. The summed E-state index contributed by atoms with van der Waals surface area (Å²) >= 11 is 5.60. The van der Waals surface area contributed by atoms with E-state index < -0.39 is 5.97 Å². The van der Waals surface area contributed by atoms with E-state index in [-0.39, 0.29) is 10.8 Å². The van der Waals surface area contributed by atoms with Crippen molar-refractivity contribution in [2.45, 2.75) is 0 Å². The number of aromatic carboxylic acids is 1. The third-order valence-corrected chi connectivity index (χ3v) is 1.98. The molecule has 0 aliphatic carbocycles. The van der Waals surface area contributed by atoms with Crippen LogP contribution in [0.1, 0.15) is 10.5 Å². The molecule has 5 heteroatoms. The molecule has 1 aromatic heterocycles. The molecule has 14 heavy (non-hydrogen) atoms. The standard InChI is InChI=1S/C9H5ClN2O2/c10-8-7(9(13)14)11-5-3-1-2-4-6(5)12-8/h1-4H,(H,13,14)/p-1. The van der Waals surface area contributed by atoms with Gasteiger partial charge in [0.1, 0.15) is 5.69 Å². The van der Waals surface area contributed by atoms with Gasteiger partial charge in [-0.15, -0.1) is 0 Å². The van der Waals surface area contributed by atoms with Crippen LogP contribution in [0.4, 0.5) is 0 Å². The second-order valence-corrected chi connectivity index (χ2v) is 3.00. The summed E-state index contributed by atoms with van der Waals surface area (Å²) in [4.78, 5) is 18.3. The summed E-state index contributed by atoms with van der Waals surface area (Å²) in [6, 6.07) is 6.87. The molecule has 4 nitrogen and oxygen atoms in total. The number of carbonyl (C=O) groups excluding carboxylic acids is 1. The fourth-order valence-electron chi connectivity index (χ4n) is 1.11. The van der Waals surface area contributed by atoms with Gasteiger partial charge in [-0.05, 0) is 12.1 Å². The van der Waals surface area contributed by atoms with Crippen molar-refractivity contribution < 1.29 is 9.90 Å². The zero-order valence-electron chi connectivity index (χ0n) is 6.90. The molecule has 0 saturated carbocycles. The van der Waals surface area contributed by atoms with E-state index in [0.29, 0.717) is 11.0 Å². The van der Waals surface area contributed by atoms with Crippen molar-refractivity contribution in [3.63, 3.8) is 0 Å². The first kappa shape index (κ1) is 8.90. The second-order valence-electron chi connectivity index (χ2n) is 2.64. The molecule has 0 aliphatic heterocycles. The summed E-state index contributed by atoms with van der Waals surface area (Å²) < 4.78 is 0. The Morgan fingerprint density at radius 1 is 1.21 bits per heavy atom. The molecule has 1 heterocycles. The van der Waals surface area contributed by atoms with Crippen molar-refractivity contribution in [2.24, 2.45) is 0 Å². The molecule has 0 unspecified atom stereocenters. The van der Waals surface area contributed by atoms with Crippen LogP contribution in [-0.2, 0) is 0 Å². The summed E-state index contributed by atoms with van der Waals surface area (Å²) in [5, 5.41) is 10.4. The highest BCUT2D eigenvalue weighted by molar-refractivity contribution is 6.32. The lowest BCUT2D eigenvalue weighted by molar-refractivity contribution is -0.255. The van der Waals surface area contributed by atoms with Gasteiger partial charge in [0.2, 0.25) is 0 Å². The SMILES string of the molecule is O=C([O-])c1nc2ccccc2nc1Cl. The maximum absolute atomic E-state index is 10.6. The van der Waals surface area contributed by atoms with Crippen LogP contribution in [0.25, 0.3) is 11.0 Å². The van der Waals surface area contributed by atoms with Gasteiger partial charge in [-0.1, -0.05) is 23.7 Å². The van der Waals surface area contributed by atoms with Crippen LogP contribution < -0.4 is 5.11 Å². The minimum Gasteiger partial charge on any atom is -0.543 e. The number of carboxylic acids is 1. The van der Waals surface area contributed by atoms with Gasteiger partial charge in [0, 0.05) is 0 Å². The zero-order chi connectivity index (χ0) is 10.1. The molecular weight excluding hydrogens is 204 g/mol. The summed E-state index contributed by atoms with van der Waals surface area (Å²) in [6.45, 7) is 0. The average Bonchev–Trinajstić information content (AvgIpc) is 2.16. The lowest BCUT2D eigenvalue weighted by Gasteiger charge is -2.04. The number of hydrogen-bond donors (Lipinski definition) is 0. The number of aromatic nitrogens is 2. The first-order chi connectivity index (χ1) is 6.68. The van der Waals surface area contributed by atoms with Crippen molar-refractivity contribution >= 4 is 28.6 Å². The molecule has 0 bridgehead atoms. The van der Waals surface area contributed by atoms with Crippen molar-refractivity contribution in [1.82, 2.24) is 9.97 Å². The van der Waals surface area contributed by atoms with Gasteiger partial charge in [0.15, 0.2) is 5.15 Å². The van der Waals surface area contributed by atoms with E-state index in [1.807, 2.05) is 0 Å². The number of fused-ring (bicyclic) bond motifs is 1. The Morgan fingerprint density at radius 2 is 1.79 bits per heavy atom. The molecule has 0 fully saturated rings. The van der Waals surface area contributed by atoms with Crippen molar-refractivity contribution in [3.05, 3.63) is 35.1 Å². The van der Waals surface area contributed by atoms with Crippen LogP contribution in [0.2, 0.25) is 5.15 Å². The van der Waals surface area contributed by atoms with Gasteiger partial charge in [-0.2, -0.15) is 0 Å². The van der Waals surface area contributed by atoms with E-state index >= 15 is 0 Å². The van der Waals surface area contributed by atoms with Gasteiger partial charge in [-0.25, -0.2) is 9.97 Å². The Morgan fingerprint density at radius 3 is 2.36 bits per heavy atom. The highest BCUT2D eigenvalue weighted by Gasteiger charge is 2.06. The monoisotopic (exact) mass is 207 g/mol. The maximum Gasteiger partial charge on any atom is 0.157 e. The summed E-state index contributed by atoms with van der Waals surface area (Å²) in [7, 11) is 0. The highest BCUT2D eigenvalue weighted by Crippen LogP contribution is 2.15. The topological polar surface area (TPSA) is 65.9 Å². The van der Waals surface area contributed by atoms with E-state index in [1.54, 1.807) is 24.3 Å². The molecule has 0 spiro atoms. The normalized spacial score (nSPS) is 10.4. The van der Waals surface area contributed by atoms with Crippen LogP contribution >= 0.6 is 11.6 Å². The second kappa shape index (κ2) is 3.23. The molecule has 0 saturated heterocycles. The minimum atomic E-state index is -1.42. The fourth-order valence-corrected chi connectivity index (χ4v) is 1.32. The molecule has 0 amide bonds. The first-order valence-corrected chi connectivity index (χ1v) is 4.20. The molecule has 0 radical (unpaired) electrons. The molecule has 0 N–H and O–H groups in total. The smallest absolute Gasteiger partial charge is 0.157 e. The van der Waals surface area contributed by atoms with E-state index in [1.165, 1.54) is 0 Å². The summed E-state index contributed by atoms with van der Waals surface area (Å²) in [5.74, 6) is -1.42. The van der Waals surface area contributed by atoms with Crippen LogP contribution in [0.3, 0.4) is 0 Å². The van der Waals surface area contributed by atoms with Crippen molar-refractivity contribution in [3.8, 4) is 0 Å². The quantitative estimate of drug-likeness (QED) is 0.689. The maximum atomic E-state index is 10.6. The van der Waals surface area contributed by atoms with Crippen LogP contribution in [0, 0.1) is 0 Å². The summed E-state index contributed by atoms with van der Waals surface area (Å²) in [6.07, 6.45) is 0. The average molecular weight is 208 g/mol. The predicted octanol–water partition coefficient (Wildman–Crippen LogP) is 0.647. The predicted molar refractivity (Wildman–Crippen MR) is 48.9 cm³/mol. The molecule has 0 aliphatic rings. The lowest BCUT2D eigenvalue weighted by atomic mass is 10.3. The Labute approximate surface area is 84.2 Å². The van der Waals surface area contributed by atoms with Gasteiger partial charge < -0.3 is 9.90 Å². The molecule has 70 valence electrons. The van der Waals surface area contributed by atoms with E-state index in [9.17, 15) is 9.90 Å². The van der Waals surface area contributed by atoms with Crippen LogP contribution in [0.15, 0.2) is 24.3 Å². The van der Waals surface area contributed by atoms with Crippen molar-refractivity contribution in [2.75, 3.05) is 0 Å². The lowest BCUT2D eigenvalue weighted by Crippen LogP contribution is -2.24. The van der Waals surface area contributed by atoms with Crippen LogP contribution in [-0.4, -0.2) is 15.9 Å². The number of nitrogens with zero attached hydrogens (tertiary/aromatic N) is 2. The molecule has 2 rings (SSSR count). The van der Waals surface area contributed by atoms with Gasteiger partial charge in [0.25, 0.3) is 0 Å². The third-order valence-electron chi connectivity index (χ3n) is 1.72. The fraction of sp³-hybridized carbons (Fsp3) is 0. The Kier molecular flexibility index (Phi) is 2.05. The number of halogens is 1. The first-order valence-electron chi connectivity index (χ1n) is 3.82. The number of benzene rings is 1. The number of hydrogen-bond acceptors (Lipinski definition) is 4.